The van der Waals surface area contributed by atoms with Crippen molar-refractivity contribution in [3.63, 3.8) is 0 Å². The molecule has 1 N–H and O–H groups in total. The molecule has 3 fully saturated rings. The fourth-order valence-corrected chi connectivity index (χ4v) is 9.14. The van der Waals surface area contributed by atoms with Gasteiger partial charge in [0.25, 0.3) is 5.91 Å². The lowest BCUT2D eigenvalue weighted by Crippen LogP contribution is -2.51. The molecule has 4 aliphatic heterocycles. The van der Waals surface area contributed by atoms with Crippen LogP contribution in [0.15, 0.2) is 45.6 Å². The van der Waals surface area contributed by atoms with Crippen molar-refractivity contribution in [2.45, 2.75) is 131 Å². The molecular weight excluding hydrogens is 801 g/mol. The Morgan fingerprint density at radius 1 is 0.857 bits per heavy atom. The molecule has 14 nitrogen and oxygen atoms in total. The number of urea groups is 1. The van der Waals surface area contributed by atoms with Gasteiger partial charge in [-0.15, -0.1) is 0 Å². The van der Waals surface area contributed by atoms with E-state index >= 15 is 0 Å². The second-order valence-corrected chi connectivity index (χ2v) is 18.1. The van der Waals surface area contributed by atoms with Crippen LogP contribution in [0, 0.1) is 18.8 Å². The first-order valence-electron chi connectivity index (χ1n) is 23.3. The molecule has 0 unspecified atom stereocenters. The number of hydrogen-bond donors (Lipinski definition) is 1. The third-order valence-electron chi connectivity index (χ3n) is 13.2. The van der Waals surface area contributed by atoms with Crippen molar-refractivity contribution in [3.05, 3.63) is 63.6 Å². The second-order valence-electron chi connectivity index (χ2n) is 18.1. The molecule has 63 heavy (non-hydrogen) atoms. The van der Waals surface area contributed by atoms with Gasteiger partial charge in [0.1, 0.15) is 0 Å². The van der Waals surface area contributed by atoms with Gasteiger partial charge in [0.05, 0.1) is 18.5 Å². The summed E-state index contributed by atoms with van der Waals surface area (Å²) in [5, 5.41) is 3.03. The number of rotatable bonds is 13. The SMILES string of the molecule is C.CCCCCCOC(=O)CCN1CCC(C)CC1.Cc1cc(C[C@@H](OC(=O)N2CCC(N3CCc4ccccc4NC3=O)CC2)C(=O)N2CCC(C)CC2)cc2oc(=O)n(C)c12. The third kappa shape index (κ3) is 13.6. The number of anilines is 1. The molecule has 5 heterocycles. The number of oxazole rings is 1. The van der Waals surface area contributed by atoms with Crippen LogP contribution in [0.4, 0.5) is 15.3 Å². The van der Waals surface area contributed by atoms with Crippen LogP contribution in [-0.2, 0) is 39.0 Å². The number of unbranched alkanes of at least 4 members (excludes halogenated alkanes) is 3. The van der Waals surface area contributed by atoms with Crippen molar-refractivity contribution in [3.8, 4) is 0 Å². The van der Waals surface area contributed by atoms with E-state index < -0.39 is 18.0 Å². The number of benzene rings is 2. The lowest BCUT2D eigenvalue weighted by molar-refractivity contribution is -0.144. The zero-order valence-corrected chi connectivity index (χ0v) is 37.8. The van der Waals surface area contributed by atoms with E-state index in [2.05, 4.69) is 31.0 Å². The van der Waals surface area contributed by atoms with Gasteiger partial charge in [0.2, 0.25) is 0 Å². The number of aryl methyl sites for hydroxylation is 2. The number of hydrogen-bond acceptors (Lipinski definition) is 9. The standard InChI is InChI=1S/C33H41N5O6.C15H29NO2.CH4/c1-21-8-13-36(14-9-21)30(39)28(20-23-18-22(2)29-27(19-23)43-32(41)35(29)3)44-33(42)37-15-11-25(12-16-37)38-17-10-24-6-4-5-7-26(24)34-31(38)40;1-3-4-5-6-13-18-15(17)9-12-16-10-7-14(2)8-11-16;/h4-7,18-19,21,25,28H,8-17,20H2,1-3H3,(H,34,40);14H,3-13H2,1-2H3;1H4/t28-;;/m1../s1. The number of amides is 4. The van der Waals surface area contributed by atoms with Crippen LogP contribution in [0.5, 0.6) is 0 Å². The van der Waals surface area contributed by atoms with Crippen molar-refractivity contribution >= 4 is 40.8 Å². The summed E-state index contributed by atoms with van der Waals surface area (Å²) in [5.41, 5.74) is 4.72. The Morgan fingerprint density at radius 3 is 2.22 bits per heavy atom. The first-order chi connectivity index (χ1) is 29.9. The molecule has 14 heteroatoms. The maximum atomic E-state index is 13.8. The van der Waals surface area contributed by atoms with Crippen LogP contribution in [0.1, 0.15) is 116 Å². The van der Waals surface area contributed by atoms with Gasteiger partial charge in [0, 0.05) is 64.5 Å². The highest BCUT2D eigenvalue weighted by Gasteiger charge is 2.35. The minimum absolute atomic E-state index is 0. The van der Waals surface area contributed by atoms with Crippen LogP contribution in [0.25, 0.3) is 11.1 Å². The smallest absolute Gasteiger partial charge is 0.419 e. The van der Waals surface area contributed by atoms with Gasteiger partial charge in [-0.3, -0.25) is 14.2 Å². The third-order valence-corrected chi connectivity index (χ3v) is 13.2. The van der Waals surface area contributed by atoms with E-state index in [0.29, 0.717) is 75.6 Å². The number of likely N-dealkylation sites (tertiary alicyclic amines) is 3. The molecule has 0 radical (unpaired) electrons. The zero-order valence-electron chi connectivity index (χ0n) is 37.8. The molecule has 0 aliphatic carbocycles. The number of carbonyl (C=O) groups excluding carboxylic acids is 4. The van der Waals surface area contributed by atoms with E-state index in [1.807, 2.05) is 42.2 Å². The van der Waals surface area contributed by atoms with Crippen LogP contribution in [0.3, 0.4) is 0 Å². The number of piperidine rings is 3. The second kappa shape index (κ2) is 23.7. The minimum atomic E-state index is -1.00. The average molecular weight is 875 g/mol. The fraction of sp³-hybridized carbons (Fsp3) is 0.653. The van der Waals surface area contributed by atoms with Crippen molar-refractivity contribution in [1.29, 1.82) is 0 Å². The number of nitrogens with zero attached hydrogens (tertiary/aromatic N) is 5. The maximum Gasteiger partial charge on any atom is 0.419 e. The number of para-hydroxylation sites is 1. The molecule has 0 spiro atoms. The Morgan fingerprint density at radius 2 is 1.52 bits per heavy atom. The summed E-state index contributed by atoms with van der Waals surface area (Å²) in [7, 11) is 1.66. The number of ether oxygens (including phenoxy) is 2. The highest BCUT2D eigenvalue weighted by Crippen LogP contribution is 2.27. The molecule has 3 aromatic rings. The van der Waals surface area contributed by atoms with E-state index in [1.165, 1.54) is 36.7 Å². The number of esters is 1. The van der Waals surface area contributed by atoms with Gasteiger partial charge in [0.15, 0.2) is 11.7 Å². The molecule has 348 valence electrons. The van der Waals surface area contributed by atoms with Gasteiger partial charge < -0.3 is 38.8 Å². The molecule has 3 saturated heterocycles. The molecule has 1 aromatic heterocycles. The lowest BCUT2D eigenvalue weighted by atomic mass is 9.98. The predicted octanol–water partition coefficient (Wildman–Crippen LogP) is 8.17. The Kier molecular flexibility index (Phi) is 18.5. The Balaban J connectivity index is 0.000000333. The van der Waals surface area contributed by atoms with Crippen molar-refractivity contribution in [1.82, 2.24) is 24.2 Å². The van der Waals surface area contributed by atoms with Gasteiger partial charge >= 0.3 is 23.8 Å². The predicted molar refractivity (Wildman–Crippen MR) is 247 cm³/mol. The Bertz CT molecular complexity index is 2020. The first-order valence-corrected chi connectivity index (χ1v) is 23.3. The van der Waals surface area contributed by atoms with Crippen LogP contribution < -0.4 is 11.1 Å². The molecule has 1 atom stereocenters. The summed E-state index contributed by atoms with van der Waals surface area (Å²) in [5.74, 6) is 0.727. The van der Waals surface area contributed by atoms with Crippen LogP contribution >= 0.6 is 0 Å². The summed E-state index contributed by atoms with van der Waals surface area (Å²) >= 11 is 0. The van der Waals surface area contributed by atoms with Gasteiger partial charge in [-0.05, 0) is 112 Å². The van der Waals surface area contributed by atoms with Gasteiger partial charge in [-0.1, -0.05) is 71.7 Å². The zero-order chi connectivity index (χ0) is 44.2. The van der Waals surface area contributed by atoms with Crippen LogP contribution in [0.2, 0.25) is 0 Å². The molecular formula is C49H74N6O8. The van der Waals surface area contributed by atoms with Crippen molar-refractivity contribution < 1.29 is 33.1 Å². The topological polar surface area (TPSA) is 147 Å². The number of fused-ring (bicyclic) bond motifs is 2. The quantitative estimate of drug-likeness (QED) is 0.133. The van der Waals surface area contributed by atoms with E-state index in [9.17, 15) is 24.0 Å². The molecule has 2 aromatic carbocycles. The lowest BCUT2D eigenvalue weighted by Gasteiger charge is -2.38. The van der Waals surface area contributed by atoms with E-state index in [0.717, 1.165) is 73.6 Å². The Hall–Kier alpha value is -4.85. The number of aromatic nitrogens is 1. The monoisotopic (exact) mass is 875 g/mol. The molecule has 7 rings (SSSR count). The minimum Gasteiger partial charge on any atom is -0.466 e. The number of carbonyl (C=O) groups is 4. The maximum absolute atomic E-state index is 13.8. The number of nitrogens with one attached hydrogen (secondary N) is 1. The van der Waals surface area contributed by atoms with E-state index in [-0.39, 0.29) is 37.8 Å². The normalized spacial score (nSPS) is 18.4. The highest BCUT2D eigenvalue weighted by atomic mass is 16.6. The van der Waals surface area contributed by atoms with E-state index in [1.54, 1.807) is 22.9 Å². The van der Waals surface area contributed by atoms with Crippen LogP contribution in [-0.4, -0.2) is 119 Å². The highest BCUT2D eigenvalue weighted by molar-refractivity contribution is 5.91. The van der Waals surface area contributed by atoms with E-state index in [4.69, 9.17) is 13.9 Å². The molecule has 4 amide bonds. The molecule has 4 aliphatic rings. The fourth-order valence-electron chi connectivity index (χ4n) is 9.14. The van der Waals surface area contributed by atoms with Crippen molar-refractivity contribution in [2.24, 2.45) is 18.9 Å². The van der Waals surface area contributed by atoms with Crippen molar-refractivity contribution in [2.75, 3.05) is 64.3 Å². The largest absolute Gasteiger partial charge is 0.466 e. The molecule has 0 bridgehead atoms. The Labute approximate surface area is 374 Å². The summed E-state index contributed by atoms with van der Waals surface area (Å²) in [6.45, 7) is 15.1. The summed E-state index contributed by atoms with van der Waals surface area (Å²) in [6.07, 6.45) is 10.3. The molecule has 0 saturated carbocycles. The summed E-state index contributed by atoms with van der Waals surface area (Å²) in [4.78, 5) is 71.7. The summed E-state index contributed by atoms with van der Waals surface area (Å²) in [6, 6.07) is 11.4. The van der Waals surface area contributed by atoms with Gasteiger partial charge in [-0.2, -0.15) is 0 Å². The van der Waals surface area contributed by atoms with Gasteiger partial charge in [-0.25, -0.2) is 14.4 Å². The summed E-state index contributed by atoms with van der Waals surface area (Å²) < 4.78 is 18.1. The average Bonchev–Trinajstić information content (AvgIpc) is 3.44. The first kappa shape index (κ1) is 49.2.